The van der Waals surface area contributed by atoms with Crippen LogP contribution >= 0.6 is 11.6 Å². The van der Waals surface area contributed by atoms with E-state index in [2.05, 4.69) is 14.9 Å². The summed E-state index contributed by atoms with van der Waals surface area (Å²) in [6.07, 6.45) is 5.14. The van der Waals surface area contributed by atoms with Crippen LogP contribution in [0.15, 0.2) is 67.1 Å². The van der Waals surface area contributed by atoms with Crippen molar-refractivity contribution < 1.29 is 9.90 Å². The van der Waals surface area contributed by atoms with Crippen molar-refractivity contribution >= 4 is 34.1 Å². The van der Waals surface area contributed by atoms with E-state index < -0.39 is 0 Å². The predicted octanol–water partition coefficient (Wildman–Crippen LogP) is 3.74. The first-order valence-electron chi connectivity index (χ1n) is 10.0. The van der Waals surface area contributed by atoms with Gasteiger partial charge in [-0.1, -0.05) is 17.7 Å². The van der Waals surface area contributed by atoms with Crippen LogP contribution in [0.1, 0.15) is 10.4 Å². The molecular weight excluding hydrogens is 414 g/mol. The molecule has 1 amide bonds. The number of anilines is 1. The minimum Gasteiger partial charge on any atom is -0.508 e. The van der Waals surface area contributed by atoms with Crippen molar-refractivity contribution in [2.75, 3.05) is 31.1 Å². The summed E-state index contributed by atoms with van der Waals surface area (Å²) in [6, 6.07) is 14.4. The Morgan fingerprint density at radius 2 is 1.68 bits per heavy atom. The molecule has 2 aromatic heterocycles. The van der Waals surface area contributed by atoms with E-state index in [1.54, 1.807) is 47.4 Å². The maximum atomic E-state index is 13.4. The van der Waals surface area contributed by atoms with Gasteiger partial charge in [-0.05, 0) is 42.5 Å². The molecule has 1 aliphatic rings. The number of hydrogen-bond donors (Lipinski definition) is 1. The monoisotopic (exact) mass is 433 g/mol. The Bertz CT molecular complexity index is 1230. The maximum Gasteiger partial charge on any atom is 0.256 e. The molecule has 0 radical (unpaired) electrons. The molecule has 8 heteroatoms. The van der Waals surface area contributed by atoms with E-state index in [0.717, 1.165) is 29.7 Å². The second kappa shape index (κ2) is 7.92. The third kappa shape index (κ3) is 3.68. The highest BCUT2D eigenvalue weighted by molar-refractivity contribution is 6.31. The second-order valence-electron chi connectivity index (χ2n) is 7.42. The molecule has 1 aliphatic heterocycles. The Morgan fingerprint density at radius 3 is 2.39 bits per heavy atom. The average Bonchev–Trinajstić information content (AvgIpc) is 3.18. The molecule has 0 aliphatic carbocycles. The summed E-state index contributed by atoms with van der Waals surface area (Å²) in [7, 11) is 0. The topological polar surface area (TPSA) is 74.5 Å². The first kappa shape index (κ1) is 19.4. The molecule has 0 atom stereocenters. The zero-order valence-electron chi connectivity index (χ0n) is 16.6. The lowest BCUT2D eigenvalue weighted by Gasteiger charge is -2.36. The van der Waals surface area contributed by atoms with Crippen LogP contribution in [-0.4, -0.2) is 56.6 Å². The van der Waals surface area contributed by atoms with Crippen molar-refractivity contribution in [3.8, 4) is 11.7 Å². The summed E-state index contributed by atoms with van der Waals surface area (Å²) in [6.45, 7) is 2.68. The van der Waals surface area contributed by atoms with Crippen molar-refractivity contribution in [1.29, 1.82) is 0 Å². The number of phenols is 1. The van der Waals surface area contributed by atoms with Crippen LogP contribution in [0.2, 0.25) is 5.02 Å². The second-order valence-corrected chi connectivity index (χ2v) is 7.86. The fourth-order valence-electron chi connectivity index (χ4n) is 3.95. The van der Waals surface area contributed by atoms with Crippen molar-refractivity contribution in [1.82, 2.24) is 19.4 Å². The number of nitrogens with zero attached hydrogens (tertiary/aromatic N) is 5. The van der Waals surface area contributed by atoms with Gasteiger partial charge in [0.1, 0.15) is 5.75 Å². The number of amides is 1. The van der Waals surface area contributed by atoms with Crippen molar-refractivity contribution in [3.05, 3.63) is 77.7 Å². The number of rotatable bonds is 3. The number of phenolic OH excluding ortho intramolecular Hbond substituents is 1. The third-order valence-corrected chi connectivity index (χ3v) is 5.78. The molecule has 31 heavy (non-hydrogen) atoms. The minimum absolute atomic E-state index is 0.0210. The van der Waals surface area contributed by atoms with Gasteiger partial charge in [-0.2, -0.15) is 0 Å². The quantitative estimate of drug-likeness (QED) is 0.532. The number of piperazine rings is 1. The van der Waals surface area contributed by atoms with Crippen LogP contribution in [0.4, 0.5) is 5.69 Å². The molecule has 7 nitrogen and oxygen atoms in total. The lowest BCUT2D eigenvalue weighted by molar-refractivity contribution is 0.0748. The van der Waals surface area contributed by atoms with Crippen LogP contribution < -0.4 is 4.90 Å². The largest absolute Gasteiger partial charge is 0.508 e. The van der Waals surface area contributed by atoms with E-state index in [0.29, 0.717) is 29.6 Å². The summed E-state index contributed by atoms with van der Waals surface area (Å²) in [5, 5.41) is 10.9. The first-order chi connectivity index (χ1) is 15.1. The third-order valence-electron chi connectivity index (χ3n) is 5.55. The molecule has 1 N–H and O–H groups in total. The Morgan fingerprint density at radius 1 is 0.968 bits per heavy atom. The Hall–Kier alpha value is -3.58. The van der Waals surface area contributed by atoms with Crippen LogP contribution in [-0.2, 0) is 0 Å². The molecule has 1 saturated heterocycles. The molecule has 3 heterocycles. The van der Waals surface area contributed by atoms with E-state index in [-0.39, 0.29) is 11.7 Å². The number of hydrogen-bond acceptors (Lipinski definition) is 5. The molecule has 0 bridgehead atoms. The average molecular weight is 434 g/mol. The number of carbonyl (C=O) groups is 1. The van der Waals surface area contributed by atoms with Crippen molar-refractivity contribution in [2.45, 2.75) is 0 Å². The van der Waals surface area contributed by atoms with Crippen LogP contribution in [0.3, 0.4) is 0 Å². The number of aromatic nitrogens is 3. The van der Waals surface area contributed by atoms with Gasteiger partial charge in [0, 0.05) is 60.9 Å². The Labute approximate surface area is 184 Å². The highest BCUT2D eigenvalue weighted by atomic mass is 35.5. The predicted molar refractivity (Wildman–Crippen MR) is 120 cm³/mol. The van der Waals surface area contributed by atoms with Crippen molar-refractivity contribution in [3.63, 3.8) is 0 Å². The van der Waals surface area contributed by atoms with Crippen LogP contribution in [0.5, 0.6) is 5.75 Å². The highest BCUT2D eigenvalue weighted by Gasteiger charge is 2.25. The lowest BCUT2D eigenvalue weighted by Crippen LogP contribution is -2.48. The smallest absolute Gasteiger partial charge is 0.256 e. The van der Waals surface area contributed by atoms with Crippen LogP contribution in [0.25, 0.3) is 16.9 Å². The molecule has 0 unspecified atom stereocenters. The van der Waals surface area contributed by atoms with Gasteiger partial charge in [0.15, 0.2) is 0 Å². The van der Waals surface area contributed by atoms with Crippen molar-refractivity contribution in [2.24, 2.45) is 0 Å². The molecule has 4 aromatic rings. The first-order valence-corrected chi connectivity index (χ1v) is 10.4. The summed E-state index contributed by atoms with van der Waals surface area (Å²) in [5.41, 5.74) is 2.44. The standard InChI is InChI=1S/C23H20ClN5O2/c24-16-2-7-19-20(15-29(21(19)14-16)23-25-8-1-9-26-23)22(31)28-12-10-27(11-13-28)17-3-5-18(30)6-4-17/h1-9,14-15,30H,10-13H2. The fourth-order valence-corrected chi connectivity index (χ4v) is 4.12. The molecule has 0 spiro atoms. The van der Waals surface area contributed by atoms with E-state index in [4.69, 9.17) is 11.6 Å². The summed E-state index contributed by atoms with van der Waals surface area (Å²) >= 11 is 6.23. The molecule has 1 fully saturated rings. The summed E-state index contributed by atoms with van der Waals surface area (Å²) in [4.78, 5) is 26.1. The van der Waals surface area contributed by atoms with Gasteiger partial charge in [0.25, 0.3) is 5.91 Å². The number of halogens is 1. The van der Waals surface area contributed by atoms with Crippen LogP contribution in [0, 0.1) is 0 Å². The zero-order valence-corrected chi connectivity index (χ0v) is 17.4. The molecule has 156 valence electrons. The maximum absolute atomic E-state index is 13.4. The van der Waals surface area contributed by atoms with Gasteiger partial charge in [-0.3, -0.25) is 9.36 Å². The Kier molecular flexibility index (Phi) is 4.95. The van der Waals surface area contributed by atoms with Gasteiger partial charge >= 0.3 is 0 Å². The van der Waals surface area contributed by atoms with E-state index in [1.807, 2.05) is 29.2 Å². The molecule has 5 rings (SSSR count). The SMILES string of the molecule is O=C(c1cn(-c2ncccn2)c2cc(Cl)ccc12)N1CCN(c2ccc(O)cc2)CC1. The lowest BCUT2D eigenvalue weighted by atomic mass is 10.1. The van der Waals surface area contributed by atoms with E-state index in [1.165, 1.54) is 0 Å². The van der Waals surface area contributed by atoms with E-state index >= 15 is 0 Å². The number of benzene rings is 2. The molecule has 2 aromatic carbocycles. The molecular formula is C23H20ClN5O2. The number of carbonyl (C=O) groups excluding carboxylic acids is 1. The van der Waals surface area contributed by atoms with Gasteiger partial charge in [0.05, 0.1) is 11.1 Å². The normalized spacial score (nSPS) is 14.2. The summed E-state index contributed by atoms with van der Waals surface area (Å²) in [5.74, 6) is 0.717. The van der Waals surface area contributed by atoms with Gasteiger partial charge in [-0.15, -0.1) is 0 Å². The van der Waals surface area contributed by atoms with Gasteiger partial charge in [0.2, 0.25) is 5.95 Å². The number of aromatic hydroxyl groups is 1. The number of fused-ring (bicyclic) bond motifs is 1. The Balaban J connectivity index is 1.42. The van der Waals surface area contributed by atoms with Gasteiger partial charge < -0.3 is 14.9 Å². The highest BCUT2D eigenvalue weighted by Crippen LogP contribution is 2.28. The fraction of sp³-hybridized carbons (Fsp3) is 0.174. The minimum atomic E-state index is -0.0210. The van der Waals surface area contributed by atoms with Gasteiger partial charge in [-0.25, -0.2) is 9.97 Å². The summed E-state index contributed by atoms with van der Waals surface area (Å²) < 4.78 is 1.81. The van der Waals surface area contributed by atoms with E-state index in [9.17, 15) is 9.90 Å². The zero-order chi connectivity index (χ0) is 21.4. The molecule has 0 saturated carbocycles.